The zero-order valence-corrected chi connectivity index (χ0v) is 11.7. The molecule has 1 rings (SSSR count). The van der Waals surface area contributed by atoms with Gasteiger partial charge in [-0.25, -0.2) is 4.79 Å². The highest BCUT2D eigenvalue weighted by molar-refractivity contribution is 5.75. The number of rotatable bonds is 5. The lowest BCUT2D eigenvalue weighted by Crippen LogP contribution is -2.52. The summed E-state index contributed by atoms with van der Waals surface area (Å²) >= 11 is 0. The Morgan fingerprint density at radius 2 is 2.06 bits per heavy atom. The summed E-state index contributed by atoms with van der Waals surface area (Å²) in [5.41, 5.74) is -0.189. The van der Waals surface area contributed by atoms with Crippen molar-refractivity contribution in [3.63, 3.8) is 0 Å². The van der Waals surface area contributed by atoms with Gasteiger partial charge in [-0.15, -0.1) is 0 Å². The molecule has 1 aliphatic rings. The average Bonchev–Trinajstić information content (AvgIpc) is 2.98. The summed E-state index contributed by atoms with van der Waals surface area (Å²) < 4.78 is 5.08. The first-order valence-corrected chi connectivity index (χ1v) is 6.43. The normalized spacial score (nSPS) is 17.7. The summed E-state index contributed by atoms with van der Waals surface area (Å²) in [4.78, 5) is 14.1. The lowest BCUT2D eigenvalue weighted by molar-refractivity contribution is 0.123. The summed E-state index contributed by atoms with van der Waals surface area (Å²) in [6.45, 7) is 9.39. The number of urea groups is 1. The molecule has 100 valence electrons. The average molecular weight is 242 g/mol. The van der Waals surface area contributed by atoms with Crippen molar-refractivity contribution in [3.05, 3.63) is 0 Å². The Kier molecular flexibility index (Phi) is 4.80. The standard InChI is InChI=1S/C13H26N2O2/c1-10(11-6-7-11)15(8-9-17-5)12(16)14-13(2,3)4/h10-11H,6-9H2,1-5H3,(H,14,16). The van der Waals surface area contributed by atoms with Crippen LogP contribution in [0.4, 0.5) is 4.79 Å². The quantitative estimate of drug-likeness (QED) is 0.803. The molecule has 0 radical (unpaired) electrons. The molecule has 4 nitrogen and oxygen atoms in total. The van der Waals surface area contributed by atoms with Gasteiger partial charge in [-0.3, -0.25) is 0 Å². The molecule has 1 N–H and O–H groups in total. The van der Waals surface area contributed by atoms with Gasteiger partial charge < -0.3 is 15.0 Å². The summed E-state index contributed by atoms with van der Waals surface area (Å²) in [6, 6.07) is 0.335. The van der Waals surface area contributed by atoms with Crippen LogP contribution in [0.1, 0.15) is 40.5 Å². The molecule has 1 unspecified atom stereocenters. The third-order valence-corrected chi connectivity index (χ3v) is 3.07. The van der Waals surface area contributed by atoms with Crippen molar-refractivity contribution >= 4 is 6.03 Å². The van der Waals surface area contributed by atoms with Crippen LogP contribution >= 0.6 is 0 Å². The molecule has 1 atom stereocenters. The number of hydrogen-bond acceptors (Lipinski definition) is 2. The fourth-order valence-corrected chi connectivity index (χ4v) is 1.91. The Morgan fingerprint density at radius 1 is 1.47 bits per heavy atom. The number of hydrogen-bond donors (Lipinski definition) is 1. The highest BCUT2D eigenvalue weighted by Gasteiger charge is 2.34. The number of ether oxygens (including phenoxy) is 1. The van der Waals surface area contributed by atoms with Gasteiger partial charge >= 0.3 is 6.03 Å². The fourth-order valence-electron chi connectivity index (χ4n) is 1.91. The largest absolute Gasteiger partial charge is 0.383 e. The second-order valence-electron chi connectivity index (χ2n) is 5.94. The van der Waals surface area contributed by atoms with Crippen LogP contribution in [0.3, 0.4) is 0 Å². The van der Waals surface area contributed by atoms with Gasteiger partial charge in [0.2, 0.25) is 0 Å². The zero-order valence-electron chi connectivity index (χ0n) is 11.7. The third kappa shape index (κ3) is 4.94. The lowest BCUT2D eigenvalue weighted by Gasteiger charge is -2.32. The van der Waals surface area contributed by atoms with Crippen LogP contribution < -0.4 is 5.32 Å². The van der Waals surface area contributed by atoms with Gasteiger partial charge in [0, 0.05) is 25.2 Å². The number of nitrogens with one attached hydrogen (secondary N) is 1. The second-order valence-corrected chi connectivity index (χ2v) is 5.94. The highest BCUT2D eigenvalue weighted by atomic mass is 16.5. The van der Waals surface area contributed by atoms with E-state index in [4.69, 9.17) is 4.74 Å². The molecule has 0 aromatic carbocycles. The molecule has 0 aliphatic heterocycles. The Bertz CT molecular complexity index is 257. The van der Waals surface area contributed by atoms with Crippen molar-refractivity contribution in [2.45, 2.75) is 52.1 Å². The van der Waals surface area contributed by atoms with Crippen molar-refractivity contribution in [1.29, 1.82) is 0 Å². The minimum absolute atomic E-state index is 0.0222. The number of carbonyl (C=O) groups excluding carboxylic acids is 1. The molecule has 0 bridgehead atoms. The second kappa shape index (κ2) is 5.71. The van der Waals surface area contributed by atoms with Crippen LogP contribution in [0.5, 0.6) is 0 Å². The molecule has 0 saturated heterocycles. The number of amides is 2. The van der Waals surface area contributed by atoms with Crippen LogP contribution in [0.15, 0.2) is 0 Å². The molecular weight excluding hydrogens is 216 g/mol. The molecule has 0 spiro atoms. The molecule has 1 fully saturated rings. The van der Waals surface area contributed by atoms with Gasteiger partial charge in [-0.05, 0) is 46.5 Å². The smallest absolute Gasteiger partial charge is 0.318 e. The number of methoxy groups -OCH3 is 1. The lowest BCUT2D eigenvalue weighted by atomic mass is 10.1. The predicted molar refractivity (Wildman–Crippen MR) is 69.1 cm³/mol. The monoisotopic (exact) mass is 242 g/mol. The molecule has 0 aromatic rings. The Hall–Kier alpha value is -0.770. The SMILES string of the molecule is COCCN(C(=O)NC(C)(C)C)C(C)C1CC1. The molecule has 17 heavy (non-hydrogen) atoms. The van der Waals surface area contributed by atoms with Gasteiger partial charge in [0.1, 0.15) is 0 Å². The fraction of sp³-hybridized carbons (Fsp3) is 0.923. The topological polar surface area (TPSA) is 41.6 Å². The van der Waals surface area contributed by atoms with E-state index >= 15 is 0 Å². The Balaban J connectivity index is 2.57. The minimum Gasteiger partial charge on any atom is -0.383 e. The van der Waals surface area contributed by atoms with E-state index in [1.807, 2.05) is 25.7 Å². The molecule has 2 amide bonds. The molecule has 0 aromatic heterocycles. The maximum atomic E-state index is 12.2. The van der Waals surface area contributed by atoms with E-state index < -0.39 is 0 Å². The van der Waals surface area contributed by atoms with Crippen molar-refractivity contribution in [3.8, 4) is 0 Å². The van der Waals surface area contributed by atoms with Crippen LogP contribution in [0.2, 0.25) is 0 Å². The summed E-state index contributed by atoms with van der Waals surface area (Å²) in [6.07, 6.45) is 2.49. The van der Waals surface area contributed by atoms with Gasteiger partial charge in [-0.1, -0.05) is 0 Å². The Morgan fingerprint density at radius 3 is 2.47 bits per heavy atom. The van der Waals surface area contributed by atoms with E-state index in [9.17, 15) is 4.79 Å². The molecule has 4 heteroatoms. The van der Waals surface area contributed by atoms with Crippen molar-refractivity contribution in [2.24, 2.45) is 5.92 Å². The van der Waals surface area contributed by atoms with Crippen molar-refractivity contribution in [2.75, 3.05) is 20.3 Å². The van der Waals surface area contributed by atoms with E-state index in [0.717, 1.165) is 0 Å². The third-order valence-electron chi connectivity index (χ3n) is 3.07. The van der Waals surface area contributed by atoms with Crippen molar-refractivity contribution in [1.82, 2.24) is 10.2 Å². The van der Waals surface area contributed by atoms with Crippen LogP contribution in [-0.2, 0) is 4.74 Å². The maximum absolute atomic E-state index is 12.2. The van der Waals surface area contributed by atoms with E-state index in [1.54, 1.807) is 7.11 Å². The van der Waals surface area contributed by atoms with Crippen molar-refractivity contribution < 1.29 is 9.53 Å². The minimum atomic E-state index is -0.189. The number of carbonyl (C=O) groups is 1. The molecule has 1 aliphatic carbocycles. The van der Waals surface area contributed by atoms with E-state index in [-0.39, 0.29) is 11.6 Å². The first-order valence-electron chi connectivity index (χ1n) is 6.43. The van der Waals surface area contributed by atoms with Crippen LogP contribution in [0.25, 0.3) is 0 Å². The van der Waals surface area contributed by atoms with E-state index in [1.165, 1.54) is 12.8 Å². The van der Waals surface area contributed by atoms with Gasteiger partial charge in [0.15, 0.2) is 0 Å². The summed E-state index contributed by atoms with van der Waals surface area (Å²) in [7, 11) is 1.67. The first-order chi connectivity index (χ1) is 7.85. The van der Waals surface area contributed by atoms with E-state index in [2.05, 4.69) is 12.2 Å². The first kappa shape index (κ1) is 14.3. The van der Waals surface area contributed by atoms with Gasteiger partial charge in [0.25, 0.3) is 0 Å². The molecular formula is C13H26N2O2. The molecule has 1 saturated carbocycles. The number of nitrogens with zero attached hydrogens (tertiary/aromatic N) is 1. The Labute approximate surface area is 105 Å². The maximum Gasteiger partial charge on any atom is 0.318 e. The highest BCUT2D eigenvalue weighted by Crippen LogP contribution is 2.35. The van der Waals surface area contributed by atoms with E-state index in [0.29, 0.717) is 25.1 Å². The molecule has 0 heterocycles. The van der Waals surface area contributed by atoms with Crippen LogP contribution in [-0.4, -0.2) is 42.8 Å². The summed E-state index contributed by atoms with van der Waals surface area (Å²) in [5, 5.41) is 3.02. The van der Waals surface area contributed by atoms with Gasteiger partial charge in [0.05, 0.1) is 6.61 Å². The van der Waals surface area contributed by atoms with Gasteiger partial charge in [-0.2, -0.15) is 0 Å². The predicted octanol–water partition coefficient (Wildman–Crippen LogP) is 2.24. The zero-order chi connectivity index (χ0) is 13.1. The van der Waals surface area contributed by atoms with Crippen LogP contribution in [0, 0.1) is 5.92 Å². The summed E-state index contributed by atoms with van der Waals surface area (Å²) in [5.74, 6) is 0.678.